The van der Waals surface area contributed by atoms with Crippen LogP contribution in [0.15, 0.2) is 0 Å². The highest BCUT2D eigenvalue weighted by Gasteiger charge is 2.45. The van der Waals surface area contributed by atoms with Gasteiger partial charge in [0.15, 0.2) is 0 Å². The van der Waals surface area contributed by atoms with Gasteiger partial charge in [-0.05, 0) is 63.8 Å². The number of carbonyl (C=O) groups excluding carboxylic acids is 1. The van der Waals surface area contributed by atoms with Gasteiger partial charge in [-0.15, -0.1) is 0 Å². The molecule has 2 fully saturated rings. The van der Waals surface area contributed by atoms with Crippen molar-refractivity contribution in [1.29, 1.82) is 0 Å². The number of hydrogen-bond acceptors (Lipinski definition) is 3. The zero-order valence-electron chi connectivity index (χ0n) is 14.2. The van der Waals surface area contributed by atoms with Crippen LogP contribution in [0.4, 0.5) is 0 Å². The van der Waals surface area contributed by atoms with Crippen LogP contribution in [0.1, 0.15) is 59.8 Å². The Morgan fingerprint density at radius 1 is 1.38 bits per heavy atom. The monoisotopic (exact) mass is 295 g/mol. The van der Waals surface area contributed by atoms with E-state index in [-0.39, 0.29) is 11.3 Å². The third-order valence-corrected chi connectivity index (χ3v) is 5.33. The number of hydrogen-bond donors (Lipinski definition) is 2. The van der Waals surface area contributed by atoms with Crippen LogP contribution >= 0.6 is 0 Å². The summed E-state index contributed by atoms with van der Waals surface area (Å²) in [5.74, 6) is 0.637. The molecular formula is C17H33N3O. The van der Waals surface area contributed by atoms with E-state index >= 15 is 0 Å². The van der Waals surface area contributed by atoms with Crippen LogP contribution in [-0.2, 0) is 4.79 Å². The number of nitrogens with one attached hydrogen (secondary N) is 1. The van der Waals surface area contributed by atoms with Crippen LogP contribution in [0, 0.1) is 11.3 Å². The lowest BCUT2D eigenvalue weighted by Crippen LogP contribution is -2.54. The molecule has 1 aliphatic heterocycles. The number of amides is 1. The van der Waals surface area contributed by atoms with Gasteiger partial charge in [-0.1, -0.05) is 13.8 Å². The first-order chi connectivity index (χ1) is 9.72. The van der Waals surface area contributed by atoms with E-state index in [9.17, 15) is 4.79 Å². The fraction of sp³-hybridized carbons (Fsp3) is 0.941. The van der Waals surface area contributed by atoms with Gasteiger partial charge in [0, 0.05) is 19.1 Å². The molecule has 21 heavy (non-hydrogen) atoms. The first kappa shape index (κ1) is 16.8. The molecular weight excluding hydrogens is 262 g/mol. The minimum atomic E-state index is -0.643. The summed E-state index contributed by atoms with van der Waals surface area (Å²) in [7, 11) is 0. The van der Waals surface area contributed by atoms with E-state index in [1.807, 2.05) is 0 Å². The van der Waals surface area contributed by atoms with Gasteiger partial charge < -0.3 is 16.0 Å². The quantitative estimate of drug-likeness (QED) is 0.835. The number of nitrogens with zero attached hydrogens (tertiary/aromatic N) is 1. The van der Waals surface area contributed by atoms with E-state index in [2.05, 4.69) is 37.9 Å². The molecule has 0 radical (unpaired) electrons. The second kappa shape index (κ2) is 6.25. The van der Waals surface area contributed by atoms with Crippen LogP contribution in [-0.4, -0.2) is 42.0 Å². The van der Waals surface area contributed by atoms with Gasteiger partial charge in [0.25, 0.3) is 0 Å². The molecule has 1 heterocycles. The third kappa shape index (κ3) is 4.19. The van der Waals surface area contributed by atoms with Gasteiger partial charge in [0.1, 0.15) is 0 Å². The molecule has 0 aromatic heterocycles. The van der Waals surface area contributed by atoms with Gasteiger partial charge in [0.05, 0.1) is 5.54 Å². The Balaban J connectivity index is 1.81. The predicted molar refractivity (Wildman–Crippen MR) is 87.0 cm³/mol. The van der Waals surface area contributed by atoms with E-state index < -0.39 is 5.54 Å². The molecule has 4 heteroatoms. The molecule has 1 saturated carbocycles. The maximum atomic E-state index is 12.5. The van der Waals surface area contributed by atoms with E-state index in [1.165, 1.54) is 19.4 Å². The SMILES string of the molecule is CC(C)N1CCCC(CNC(=O)C2(N)CCC(C)(C)C2)C1. The second-order valence-electron chi connectivity index (χ2n) is 8.30. The summed E-state index contributed by atoms with van der Waals surface area (Å²) in [5, 5.41) is 3.14. The van der Waals surface area contributed by atoms with Crippen LogP contribution in [0.5, 0.6) is 0 Å². The maximum absolute atomic E-state index is 12.5. The van der Waals surface area contributed by atoms with Crippen molar-refractivity contribution < 1.29 is 4.79 Å². The van der Waals surface area contributed by atoms with Gasteiger partial charge in [0.2, 0.25) is 5.91 Å². The van der Waals surface area contributed by atoms with Crippen molar-refractivity contribution in [1.82, 2.24) is 10.2 Å². The third-order valence-electron chi connectivity index (χ3n) is 5.33. The lowest BCUT2D eigenvalue weighted by atomic mass is 9.87. The topological polar surface area (TPSA) is 58.4 Å². The van der Waals surface area contributed by atoms with Crippen molar-refractivity contribution in [3.05, 3.63) is 0 Å². The zero-order valence-corrected chi connectivity index (χ0v) is 14.2. The molecule has 1 amide bonds. The smallest absolute Gasteiger partial charge is 0.240 e. The summed E-state index contributed by atoms with van der Waals surface area (Å²) in [6.07, 6.45) is 5.11. The fourth-order valence-corrected chi connectivity index (χ4v) is 3.93. The van der Waals surface area contributed by atoms with Crippen molar-refractivity contribution in [2.45, 2.75) is 71.4 Å². The lowest BCUT2D eigenvalue weighted by molar-refractivity contribution is -0.126. The Hall–Kier alpha value is -0.610. The minimum absolute atomic E-state index is 0.0646. The van der Waals surface area contributed by atoms with Crippen molar-refractivity contribution >= 4 is 5.91 Å². The highest BCUT2D eigenvalue weighted by Crippen LogP contribution is 2.42. The Kier molecular flexibility index (Phi) is 4.99. The maximum Gasteiger partial charge on any atom is 0.240 e. The van der Waals surface area contributed by atoms with Crippen molar-refractivity contribution in [2.24, 2.45) is 17.1 Å². The number of rotatable bonds is 4. The standard InChI is InChI=1S/C17H33N3O/c1-13(2)20-9-5-6-14(11-20)10-19-15(21)17(18)8-7-16(3,4)12-17/h13-14H,5-12,18H2,1-4H3,(H,19,21). The average Bonchev–Trinajstić information content (AvgIpc) is 2.71. The highest BCUT2D eigenvalue weighted by molar-refractivity contribution is 5.86. The van der Waals surface area contributed by atoms with Crippen LogP contribution < -0.4 is 11.1 Å². The van der Waals surface area contributed by atoms with E-state index in [0.717, 1.165) is 32.4 Å². The molecule has 0 aromatic rings. The molecule has 1 aliphatic carbocycles. The van der Waals surface area contributed by atoms with E-state index in [0.29, 0.717) is 12.0 Å². The van der Waals surface area contributed by atoms with Crippen LogP contribution in [0.3, 0.4) is 0 Å². The van der Waals surface area contributed by atoms with Crippen molar-refractivity contribution in [3.8, 4) is 0 Å². The Morgan fingerprint density at radius 3 is 2.67 bits per heavy atom. The molecule has 1 saturated heterocycles. The van der Waals surface area contributed by atoms with Crippen molar-refractivity contribution in [2.75, 3.05) is 19.6 Å². The number of carbonyl (C=O) groups is 1. The predicted octanol–water partition coefficient (Wildman–Crippen LogP) is 2.13. The molecule has 3 N–H and O–H groups in total. The Labute approximate surface area is 129 Å². The minimum Gasteiger partial charge on any atom is -0.354 e. The van der Waals surface area contributed by atoms with Gasteiger partial charge >= 0.3 is 0 Å². The molecule has 0 spiro atoms. The average molecular weight is 295 g/mol. The molecule has 0 aromatic carbocycles. The van der Waals surface area contributed by atoms with Gasteiger partial charge in [-0.25, -0.2) is 0 Å². The Morgan fingerprint density at radius 2 is 2.10 bits per heavy atom. The summed E-state index contributed by atoms with van der Waals surface area (Å²) in [6, 6.07) is 0.597. The number of piperidine rings is 1. The molecule has 4 nitrogen and oxygen atoms in total. The summed E-state index contributed by atoms with van der Waals surface area (Å²) < 4.78 is 0. The van der Waals surface area contributed by atoms with E-state index in [1.54, 1.807) is 0 Å². The molecule has 2 atom stereocenters. The lowest BCUT2D eigenvalue weighted by Gasteiger charge is -2.36. The van der Waals surface area contributed by atoms with Gasteiger partial charge in [-0.2, -0.15) is 0 Å². The number of likely N-dealkylation sites (tertiary alicyclic amines) is 1. The molecule has 2 rings (SSSR count). The Bertz CT molecular complexity index is 380. The summed E-state index contributed by atoms with van der Waals surface area (Å²) in [6.45, 7) is 12.0. The highest BCUT2D eigenvalue weighted by atomic mass is 16.2. The summed E-state index contributed by atoms with van der Waals surface area (Å²) >= 11 is 0. The first-order valence-electron chi connectivity index (χ1n) is 8.53. The van der Waals surface area contributed by atoms with E-state index in [4.69, 9.17) is 5.73 Å². The first-order valence-corrected chi connectivity index (χ1v) is 8.53. The normalized spacial score (nSPS) is 33.3. The fourth-order valence-electron chi connectivity index (χ4n) is 3.93. The largest absolute Gasteiger partial charge is 0.354 e. The molecule has 2 aliphatic rings. The molecule has 0 bridgehead atoms. The number of nitrogens with two attached hydrogens (primary N) is 1. The van der Waals surface area contributed by atoms with Crippen LogP contribution in [0.2, 0.25) is 0 Å². The summed E-state index contributed by atoms with van der Waals surface area (Å²) in [4.78, 5) is 15.0. The molecule has 122 valence electrons. The van der Waals surface area contributed by atoms with Crippen molar-refractivity contribution in [3.63, 3.8) is 0 Å². The van der Waals surface area contributed by atoms with Gasteiger partial charge in [-0.3, -0.25) is 4.79 Å². The van der Waals surface area contributed by atoms with Crippen LogP contribution in [0.25, 0.3) is 0 Å². The zero-order chi connectivity index (χ0) is 15.7. The molecule has 2 unspecified atom stereocenters. The summed E-state index contributed by atoms with van der Waals surface area (Å²) in [5.41, 5.74) is 5.90. The second-order valence-corrected chi connectivity index (χ2v) is 8.30.